The quantitative estimate of drug-likeness (QED) is 0.318. The Morgan fingerprint density at radius 2 is 1.72 bits per heavy atom. The van der Waals surface area contributed by atoms with Crippen molar-refractivity contribution in [2.45, 2.75) is 6.18 Å². The molecule has 0 bridgehead atoms. The molecule has 0 radical (unpaired) electrons. The van der Waals surface area contributed by atoms with E-state index < -0.39 is 17.6 Å². The Morgan fingerprint density at radius 3 is 2.28 bits per heavy atom. The summed E-state index contributed by atoms with van der Waals surface area (Å²) in [6.45, 7) is 8.58. The van der Waals surface area contributed by atoms with Crippen LogP contribution in [0.4, 0.5) is 24.5 Å². The van der Waals surface area contributed by atoms with Crippen molar-refractivity contribution in [3.05, 3.63) is 90.8 Å². The van der Waals surface area contributed by atoms with Crippen molar-refractivity contribution in [3.8, 4) is 11.3 Å². The van der Waals surface area contributed by atoms with Crippen LogP contribution in [0.1, 0.15) is 15.9 Å². The zero-order chi connectivity index (χ0) is 22.6. The van der Waals surface area contributed by atoms with Gasteiger partial charge >= 0.3 is 37.3 Å². The summed E-state index contributed by atoms with van der Waals surface area (Å²) < 4.78 is 38.7. The number of carbonyl (C=O) groups is 1. The fourth-order valence-electron chi connectivity index (χ4n) is 2.98. The van der Waals surface area contributed by atoms with Gasteiger partial charge < -0.3 is 24.1 Å². The summed E-state index contributed by atoms with van der Waals surface area (Å²) in [4.78, 5) is 19.2. The molecule has 1 heterocycles. The van der Waals surface area contributed by atoms with Gasteiger partial charge in [0.15, 0.2) is 0 Å². The number of nitrogens with one attached hydrogen (secondary N) is 1. The molecule has 0 spiro atoms. The normalized spacial score (nSPS) is 10.9. The molecule has 1 N–H and O–H groups in total. The van der Waals surface area contributed by atoms with Crippen molar-refractivity contribution in [2.24, 2.45) is 0 Å². The smallest absolute Gasteiger partial charge is 0.430 e. The molecular weight excluding hydrogens is 665 g/mol. The van der Waals surface area contributed by atoms with E-state index in [0.29, 0.717) is 30.2 Å². The minimum Gasteiger partial charge on any atom is -0.430 e. The van der Waals surface area contributed by atoms with Crippen LogP contribution in [-0.2, 0) is 6.18 Å². The van der Waals surface area contributed by atoms with Gasteiger partial charge in [0.05, 0.1) is 39.4 Å². The molecule has 0 saturated heterocycles. The second-order valence-corrected chi connectivity index (χ2v) is 7.00. The van der Waals surface area contributed by atoms with E-state index in [1.165, 1.54) is 0 Å². The SMILES string of the molecule is [CH2-]CN(C[CH2-])c1cnc(-c2ccccc2)c(NC(=O)c2ccc(C(F)(F)F)cc2Cl)c1.[U+2]. The van der Waals surface area contributed by atoms with Gasteiger partial charge in [-0.1, -0.05) is 41.9 Å². The number of carbonyl (C=O) groups excluding carboxylic acids is 1. The Bertz CT molecular complexity index is 1070. The monoisotopic (exact) mass is 683 g/mol. The van der Waals surface area contributed by atoms with Crippen LogP contribution < -0.4 is 10.2 Å². The van der Waals surface area contributed by atoms with Crippen molar-refractivity contribution in [1.29, 1.82) is 0 Å². The van der Waals surface area contributed by atoms with Gasteiger partial charge in [0.1, 0.15) is 0 Å². The topological polar surface area (TPSA) is 45.2 Å². The predicted molar refractivity (Wildman–Crippen MR) is 117 cm³/mol. The summed E-state index contributed by atoms with van der Waals surface area (Å²) in [5.74, 6) is -0.648. The minimum atomic E-state index is -4.55. The van der Waals surface area contributed by atoms with Crippen molar-refractivity contribution >= 4 is 28.9 Å². The number of hydrogen-bond acceptors (Lipinski definition) is 3. The molecule has 4 nitrogen and oxygen atoms in total. The molecule has 1 aromatic heterocycles. The van der Waals surface area contributed by atoms with Gasteiger partial charge in [-0.15, -0.1) is 13.1 Å². The number of rotatable bonds is 6. The summed E-state index contributed by atoms with van der Waals surface area (Å²) in [7, 11) is 0. The molecule has 0 atom stereocenters. The fraction of sp³-hybridized carbons (Fsp3) is 0.130. The summed E-state index contributed by atoms with van der Waals surface area (Å²) in [5, 5.41) is 2.44. The van der Waals surface area contributed by atoms with E-state index >= 15 is 0 Å². The van der Waals surface area contributed by atoms with Crippen LogP contribution in [0.2, 0.25) is 5.02 Å². The van der Waals surface area contributed by atoms with Gasteiger partial charge in [0.2, 0.25) is 0 Å². The molecule has 3 rings (SSSR count). The second-order valence-electron chi connectivity index (χ2n) is 6.59. The largest absolute Gasteiger partial charge is 2.00 e. The van der Waals surface area contributed by atoms with E-state index in [1.54, 1.807) is 12.3 Å². The van der Waals surface area contributed by atoms with E-state index in [0.717, 1.165) is 23.8 Å². The van der Waals surface area contributed by atoms with Crippen molar-refractivity contribution in [2.75, 3.05) is 23.3 Å². The molecule has 1 amide bonds. The number of halogens is 4. The van der Waals surface area contributed by atoms with Gasteiger partial charge in [0.25, 0.3) is 5.91 Å². The molecule has 0 saturated carbocycles. The first kappa shape index (κ1) is 26.2. The third-order valence-electron chi connectivity index (χ3n) is 4.61. The molecule has 0 aliphatic carbocycles. The van der Waals surface area contributed by atoms with E-state index in [2.05, 4.69) is 24.1 Å². The molecule has 32 heavy (non-hydrogen) atoms. The maximum Gasteiger partial charge on any atom is 2.00 e. The van der Waals surface area contributed by atoms with Crippen LogP contribution >= 0.6 is 11.6 Å². The molecule has 0 aliphatic heterocycles. The third kappa shape index (κ3) is 6.06. The predicted octanol–water partition coefficient (Wildman–Crippen LogP) is 6.15. The number of benzene rings is 2. The Kier molecular flexibility index (Phi) is 9.20. The molecule has 164 valence electrons. The fourth-order valence-corrected chi connectivity index (χ4v) is 3.25. The van der Waals surface area contributed by atoms with Gasteiger partial charge in [-0.3, -0.25) is 9.78 Å². The number of aromatic nitrogens is 1. The standard InChI is InChI=1S/C23H19ClF3N3O.U/c1-3-30(4-2)17-13-20(21(28-14-17)15-8-6-5-7-9-15)29-22(31)18-11-10-16(12-19(18)24)23(25,26)27;/h5-14H,1-4H2,(H,29,31);/q-2;+2. The van der Waals surface area contributed by atoms with Gasteiger partial charge in [0, 0.05) is 5.56 Å². The molecule has 2 aromatic carbocycles. The first-order chi connectivity index (χ1) is 14.7. The Labute approximate surface area is 213 Å². The average Bonchev–Trinajstić information content (AvgIpc) is 2.74. The first-order valence-corrected chi connectivity index (χ1v) is 9.69. The zero-order valence-corrected chi connectivity index (χ0v) is 21.8. The van der Waals surface area contributed by atoms with Gasteiger partial charge in [-0.25, -0.2) is 0 Å². The van der Waals surface area contributed by atoms with Crippen molar-refractivity contribution in [1.82, 2.24) is 4.98 Å². The van der Waals surface area contributed by atoms with Crippen LogP contribution in [0.3, 0.4) is 0 Å². The zero-order valence-electron chi connectivity index (χ0n) is 16.9. The van der Waals surface area contributed by atoms with Crippen molar-refractivity contribution in [3.63, 3.8) is 0 Å². The molecule has 3 aromatic rings. The van der Waals surface area contributed by atoms with E-state index in [4.69, 9.17) is 11.6 Å². The molecule has 0 unspecified atom stereocenters. The molecule has 0 fully saturated rings. The van der Waals surface area contributed by atoms with Crippen LogP contribution in [0.25, 0.3) is 11.3 Å². The van der Waals surface area contributed by atoms with Crippen LogP contribution in [0, 0.1) is 45.0 Å². The van der Waals surface area contributed by atoms with Crippen molar-refractivity contribution < 1.29 is 49.1 Å². The number of alkyl halides is 3. The number of nitrogens with zero attached hydrogens (tertiary/aromatic N) is 2. The second kappa shape index (κ2) is 11.2. The number of amides is 1. The molecule has 0 aliphatic rings. The number of hydrogen-bond donors (Lipinski definition) is 1. The average molecular weight is 684 g/mol. The summed E-state index contributed by atoms with van der Waals surface area (Å²) in [6.07, 6.45) is -2.90. The maximum atomic E-state index is 12.9. The Morgan fingerprint density at radius 1 is 1.06 bits per heavy atom. The van der Waals surface area contributed by atoms with Crippen LogP contribution in [0.5, 0.6) is 0 Å². The third-order valence-corrected chi connectivity index (χ3v) is 4.93. The molecular formula is C23H19ClF3N3OU. The van der Waals surface area contributed by atoms with E-state index in [-0.39, 0.29) is 41.7 Å². The molecule has 9 heteroatoms. The van der Waals surface area contributed by atoms with E-state index in [1.807, 2.05) is 35.2 Å². The van der Waals surface area contributed by atoms with Crippen LogP contribution in [0.15, 0.2) is 60.8 Å². The first-order valence-electron chi connectivity index (χ1n) is 9.31. The van der Waals surface area contributed by atoms with Gasteiger partial charge in [-0.05, 0) is 24.3 Å². The van der Waals surface area contributed by atoms with Crippen LogP contribution in [-0.4, -0.2) is 24.0 Å². The minimum absolute atomic E-state index is 0. The maximum absolute atomic E-state index is 12.9. The number of anilines is 2. The Balaban J connectivity index is 0.00000363. The summed E-state index contributed by atoms with van der Waals surface area (Å²) >= 11 is 5.98. The summed E-state index contributed by atoms with van der Waals surface area (Å²) in [5.41, 5.74) is 1.34. The number of pyridine rings is 1. The van der Waals surface area contributed by atoms with E-state index in [9.17, 15) is 18.0 Å². The Hall–Kier alpha value is -2.01. The summed E-state index contributed by atoms with van der Waals surface area (Å²) in [6, 6.07) is 13.5. The van der Waals surface area contributed by atoms with Gasteiger partial charge in [-0.2, -0.15) is 13.2 Å².